The maximum atomic E-state index is 12.7. The van der Waals surface area contributed by atoms with Crippen molar-refractivity contribution in [2.45, 2.75) is 39.2 Å². The minimum absolute atomic E-state index is 0.0995. The van der Waals surface area contributed by atoms with E-state index in [0.717, 1.165) is 44.5 Å². The van der Waals surface area contributed by atoms with Gasteiger partial charge in [-0.1, -0.05) is 24.6 Å². The second-order valence-electron chi connectivity index (χ2n) is 5.46. The van der Waals surface area contributed by atoms with Gasteiger partial charge in [0.05, 0.1) is 0 Å². The zero-order valence-corrected chi connectivity index (χ0v) is 13.0. The zero-order chi connectivity index (χ0) is 14.5. The summed E-state index contributed by atoms with van der Waals surface area (Å²) >= 11 is 6.14. The van der Waals surface area contributed by atoms with Crippen LogP contribution in [0.25, 0.3) is 0 Å². The highest BCUT2D eigenvalue weighted by Gasteiger charge is 2.25. The predicted octanol–water partition coefficient (Wildman–Crippen LogP) is 3.25. The number of aryl methyl sites for hydroxylation is 1. The Labute approximate surface area is 126 Å². The van der Waals surface area contributed by atoms with Gasteiger partial charge in [-0.2, -0.15) is 0 Å². The quantitative estimate of drug-likeness (QED) is 0.924. The first-order valence-corrected chi connectivity index (χ1v) is 7.79. The molecule has 1 unspecified atom stereocenters. The summed E-state index contributed by atoms with van der Waals surface area (Å²) in [7, 11) is 0. The maximum absolute atomic E-state index is 12.7. The summed E-state index contributed by atoms with van der Waals surface area (Å²) in [6, 6.07) is 5.88. The van der Waals surface area contributed by atoms with Crippen LogP contribution in [0.15, 0.2) is 18.2 Å². The first-order valence-electron chi connectivity index (χ1n) is 7.41. The number of nitrogens with zero attached hydrogens (tertiary/aromatic N) is 1. The van der Waals surface area contributed by atoms with E-state index in [9.17, 15) is 4.79 Å². The number of piperidine rings is 1. The second-order valence-corrected chi connectivity index (χ2v) is 5.87. The molecule has 0 spiro atoms. The van der Waals surface area contributed by atoms with E-state index < -0.39 is 0 Å². The Bertz CT molecular complexity index is 470. The van der Waals surface area contributed by atoms with E-state index in [-0.39, 0.29) is 5.91 Å². The van der Waals surface area contributed by atoms with E-state index in [2.05, 4.69) is 12.2 Å². The number of amides is 1. The molecule has 1 heterocycles. The molecule has 1 N–H and O–H groups in total. The molecule has 0 saturated carbocycles. The third-order valence-corrected chi connectivity index (χ3v) is 4.26. The topological polar surface area (TPSA) is 32.3 Å². The van der Waals surface area contributed by atoms with Gasteiger partial charge in [-0.05, 0) is 50.4 Å². The molecule has 1 atom stereocenters. The van der Waals surface area contributed by atoms with Crippen LogP contribution in [0.3, 0.4) is 0 Å². The highest BCUT2D eigenvalue weighted by Crippen LogP contribution is 2.20. The lowest BCUT2D eigenvalue weighted by Crippen LogP contribution is -2.49. The van der Waals surface area contributed by atoms with E-state index in [4.69, 9.17) is 11.6 Å². The molecule has 110 valence electrons. The maximum Gasteiger partial charge on any atom is 0.254 e. The van der Waals surface area contributed by atoms with E-state index in [0.29, 0.717) is 16.6 Å². The minimum atomic E-state index is 0.0995. The molecule has 20 heavy (non-hydrogen) atoms. The van der Waals surface area contributed by atoms with Gasteiger partial charge in [-0.3, -0.25) is 4.79 Å². The SMILES string of the molecule is CCCN(C(=O)c1ccc(C)c(Cl)c1)C1CCCNC1. The summed E-state index contributed by atoms with van der Waals surface area (Å²) in [5, 5.41) is 4.04. The summed E-state index contributed by atoms with van der Waals surface area (Å²) in [6.07, 6.45) is 3.19. The van der Waals surface area contributed by atoms with Crippen LogP contribution >= 0.6 is 11.6 Å². The summed E-state index contributed by atoms with van der Waals surface area (Å²) in [5.74, 6) is 0.0995. The molecule has 0 aliphatic carbocycles. The van der Waals surface area contributed by atoms with Crippen LogP contribution in [0, 0.1) is 6.92 Å². The number of nitrogens with one attached hydrogen (secondary N) is 1. The Hall–Kier alpha value is -1.06. The van der Waals surface area contributed by atoms with Crippen LogP contribution in [0.5, 0.6) is 0 Å². The average molecular weight is 295 g/mol. The zero-order valence-electron chi connectivity index (χ0n) is 12.3. The summed E-state index contributed by atoms with van der Waals surface area (Å²) < 4.78 is 0. The van der Waals surface area contributed by atoms with Crippen LogP contribution in [0.4, 0.5) is 0 Å². The van der Waals surface area contributed by atoms with Crippen molar-refractivity contribution in [2.24, 2.45) is 0 Å². The number of benzene rings is 1. The molecule has 1 aromatic rings. The average Bonchev–Trinajstić information content (AvgIpc) is 2.48. The normalized spacial score (nSPS) is 18.9. The van der Waals surface area contributed by atoms with Crippen LogP contribution in [-0.4, -0.2) is 36.5 Å². The van der Waals surface area contributed by atoms with Crippen LogP contribution in [0.1, 0.15) is 42.1 Å². The number of hydrogen-bond donors (Lipinski definition) is 1. The van der Waals surface area contributed by atoms with Gasteiger partial charge in [0.2, 0.25) is 0 Å². The van der Waals surface area contributed by atoms with Gasteiger partial charge in [0.25, 0.3) is 5.91 Å². The van der Waals surface area contributed by atoms with Crippen LogP contribution in [-0.2, 0) is 0 Å². The van der Waals surface area contributed by atoms with Crippen molar-refractivity contribution in [3.05, 3.63) is 34.3 Å². The van der Waals surface area contributed by atoms with Gasteiger partial charge >= 0.3 is 0 Å². The lowest BCUT2D eigenvalue weighted by Gasteiger charge is -2.34. The molecule has 0 radical (unpaired) electrons. The van der Waals surface area contributed by atoms with Gasteiger partial charge in [0.15, 0.2) is 0 Å². The van der Waals surface area contributed by atoms with E-state index in [1.54, 1.807) is 6.07 Å². The molecule has 4 heteroatoms. The Morgan fingerprint density at radius 3 is 2.90 bits per heavy atom. The smallest absolute Gasteiger partial charge is 0.254 e. The first kappa shape index (κ1) is 15.3. The molecular formula is C16H23ClN2O. The molecule has 0 aromatic heterocycles. The Kier molecular flexibility index (Phi) is 5.44. The molecular weight excluding hydrogens is 272 g/mol. The fourth-order valence-electron chi connectivity index (χ4n) is 2.68. The molecule has 0 bridgehead atoms. The van der Waals surface area contributed by atoms with Crippen LogP contribution < -0.4 is 5.32 Å². The van der Waals surface area contributed by atoms with Gasteiger partial charge < -0.3 is 10.2 Å². The molecule has 1 aliphatic rings. The standard InChI is InChI=1S/C16H23ClN2O/c1-3-9-19(14-5-4-8-18-11-14)16(20)13-7-6-12(2)15(17)10-13/h6-7,10,14,18H,3-5,8-9,11H2,1-2H3. The Balaban J connectivity index is 2.18. The second kappa shape index (κ2) is 7.09. The van der Waals surface area contributed by atoms with Crippen LogP contribution in [0.2, 0.25) is 5.02 Å². The van der Waals surface area contributed by atoms with E-state index in [1.807, 2.05) is 24.0 Å². The fraction of sp³-hybridized carbons (Fsp3) is 0.562. The van der Waals surface area contributed by atoms with Crippen molar-refractivity contribution in [1.29, 1.82) is 0 Å². The van der Waals surface area contributed by atoms with Crippen molar-refractivity contribution >= 4 is 17.5 Å². The van der Waals surface area contributed by atoms with Crippen molar-refractivity contribution in [3.63, 3.8) is 0 Å². The molecule has 1 fully saturated rings. The van der Waals surface area contributed by atoms with E-state index in [1.165, 1.54) is 0 Å². The minimum Gasteiger partial charge on any atom is -0.334 e. The van der Waals surface area contributed by atoms with Crippen molar-refractivity contribution in [1.82, 2.24) is 10.2 Å². The third kappa shape index (κ3) is 3.53. The summed E-state index contributed by atoms with van der Waals surface area (Å²) in [5.41, 5.74) is 1.70. The molecule has 1 amide bonds. The number of rotatable bonds is 4. The van der Waals surface area contributed by atoms with Gasteiger partial charge in [0, 0.05) is 29.7 Å². The van der Waals surface area contributed by atoms with Gasteiger partial charge in [-0.25, -0.2) is 0 Å². The highest BCUT2D eigenvalue weighted by molar-refractivity contribution is 6.31. The fourth-order valence-corrected chi connectivity index (χ4v) is 2.86. The lowest BCUT2D eigenvalue weighted by atomic mass is 10.0. The molecule has 1 aromatic carbocycles. The highest BCUT2D eigenvalue weighted by atomic mass is 35.5. The summed E-state index contributed by atoms with van der Waals surface area (Å²) in [6.45, 7) is 6.81. The van der Waals surface area contributed by atoms with Crippen molar-refractivity contribution in [2.75, 3.05) is 19.6 Å². The molecule has 2 rings (SSSR count). The van der Waals surface area contributed by atoms with Gasteiger partial charge in [-0.15, -0.1) is 0 Å². The van der Waals surface area contributed by atoms with E-state index >= 15 is 0 Å². The molecule has 1 saturated heterocycles. The number of hydrogen-bond acceptors (Lipinski definition) is 2. The summed E-state index contributed by atoms with van der Waals surface area (Å²) in [4.78, 5) is 14.7. The Morgan fingerprint density at radius 1 is 1.50 bits per heavy atom. The monoisotopic (exact) mass is 294 g/mol. The largest absolute Gasteiger partial charge is 0.334 e. The van der Waals surface area contributed by atoms with Crippen molar-refractivity contribution in [3.8, 4) is 0 Å². The molecule has 1 aliphatic heterocycles. The van der Waals surface area contributed by atoms with Crippen molar-refractivity contribution < 1.29 is 4.79 Å². The Morgan fingerprint density at radius 2 is 2.30 bits per heavy atom. The molecule has 3 nitrogen and oxygen atoms in total. The van der Waals surface area contributed by atoms with Gasteiger partial charge in [0.1, 0.15) is 0 Å². The lowest BCUT2D eigenvalue weighted by molar-refractivity contribution is 0.0649. The number of carbonyl (C=O) groups excluding carboxylic acids is 1. The predicted molar refractivity (Wildman–Crippen MR) is 83.4 cm³/mol. The number of halogens is 1. The third-order valence-electron chi connectivity index (χ3n) is 3.86. The number of carbonyl (C=O) groups is 1. The first-order chi connectivity index (χ1) is 9.63.